The number of nitrogens with one attached hydrogen (secondary N) is 2. The molecule has 0 radical (unpaired) electrons. The Balaban J connectivity index is 2.03. The van der Waals surface area contributed by atoms with Crippen LogP contribution < -0.4 is 10.6 Å². The van der Waals surface area contributed by atoms with Crippen molar-refractivity contribution in [3.05, 3.63) is 23.2 Å². The Morgan fingerprint density at radius 3 is 2.00 bits per heavy atom. The molecule has 0 aromatic carbocycles. The summed E-state index contributed by atoms with van der Waals surface area (Å²) in [7, 11) is 0. The second kappa shape index (κ2) is 5.97. The molecule has 1 unspecified atom stereocenters. The highest BCUT2D eigenvalue weighted by Gasteiger charge is 2.17. The van der Waals surface area contributed by atoms with Crippen LogP contribution in [0.3, 0.4) is 0 Å². The first-order chi connectivity index (χ1) is 8.29. The van der Waals surface area contributed by atoms with E-state index in [-0.39, 0.29) is 6.17 Å². The van der Waals surface area contributed by atoms with Crippen molar-refractivity contribution in [1.29, 1.82) is 0 Å². The summed E-state index contributed by atoms with van der Waals surface area (Å²) in [5.41, 5.74) is 0. The molecular formula is C11H16N4S2. The van der Waals surface area contributed by atoms with E-state index in [0.29, 0.717) is 5.92 Å². The molecule has 0 bridgehead atoms. The number of nitrogens with zero attached hydrogens (tertiary/aromatic N) is 2. The van der Waals surface area contributed by atoms with Gasteiger partial charge in [0.25, 0.3) is 0 Å². The van der Waals surface area contributed by atoms with E-state index < -0.39 is 0 Å². The first-order valence-corrected chi connectivity index (χ1v) is 7.37. The smallest absolute Gasteiger partial charge is 0.184 e. The molecule has 4 nitrogen and oxygen atoms in total. The normalized spacial score (nSPS) is 12.6. The molecule has 2 rings (SSSR count). The highest BCUT2D eigenvalue weighted by atomic mass is 32.1. The van der Waals surface area contributed by atoms with E-state index >= 15 is 0 Å². The zero-order valence-electron chi connectivity index (χ0n) is 9.88. The fraction of sp³-hybridized carbons (Fsp3) is 0.455. The minimum absolute atomic E-state index is 0.164. The minimum Gasteiger partial charge on any atom is -0.341 e. The van der Waals surface area contributed by atoms with Crippen LogP contribution in [0.4, 0.5) is 10.3 Å². The molecule has 92 valence electrons. The lowest BCUT2D eigenvalue weighted by Crippen LogP contribution is -2.34. The summed E-state index contributed by atoms with van der Waals surface area (Å²) in [5.74, 6) is 0.503. The SMILES string of the molecule is CCC(C)C(Nc1nccs1)Nc1nccs1. The molecule has 6 heteroatoms. The predicted octanol–water partition coefficient (Wildman–Crippen LogP) is 3.50. The molecular weight excluding hydrogens is 252 g/mol. The lowest BCUT2D eigenvalue weighted by molar-refractivity contribution is 0.503. The molecule has 0 saturated carbocycles. The van der Waals surface area contributed by atoms with Gasteiger partial charge < -0.3 is 10.6 Å². The second-order valence-corrected chi connectivity index (χ2v) is 5.62. The lowest BCUT2D eigenvalue weighted by Gasteiger charge is -2.24. The van der Waals surface area contributed by atoms with E-state index in [0.717, 1.165) is 16.7 Å². The van der Waals surface area contributed by atoms with E-state index in [2.05, 4.69) is 34.4 Å². The average molecular weight is 268 g/mol. The van der Waals surface area contributed by atoms with Gasteiger partial charge in [0.2, 0.25) is 0 Å². The maximum atomic E-state index is 4.25. The van der Waals surface area contributed by atoms with Crippen LogP contribution in [0, 0.1) is 5.92 Å². The van der Waals surface area contributed by atoms with Gasteiger partial charge in [-0.1, -0.05) is 13.8 Å². The number of anilines is 2. The Hall–Kier alpha value is -1.14. The van der Waals surface area contributed by atoms with Crippen molar-refractivity contribution in [3.8, 4) is 0 Å². The van der Waals surface area contributed by atoms with Crippen LogP contribution in [0.5, 0.6) is 0 Å². The van der Waals surface area contributed by atoms with E-state index in [1.165, 1.54) is 0 Å². The average Bonchev–Trinajstić information content (AvgIpc) is 3.00. The van der Waals surface area contributed by atoms with Crippen molar-refractivity contribution in [3.63, 3.8) is 0 Å². The van der Waals surface area contributed by atoms with E-state index in [1.807, 2.05) is 23.2 Å². The largest absolute Gasteiger partial charge is 0.341 e. The molecule has 0 spiro atoms. The molecule has 1 atom stereocenters. The third-order valence-electron chi connectivity index (χ3n) is 2.64. The first kappa shape index (κ1) is 12.3. The molecule has 0 aliphatic carbocycles. The summed E-state index contributed by atoms with van der Waals surface area (Å²) in [6.45, 7) is 4.40. The maximum absolute atomic E-state index is 4.25. The summed E-state index contributed by atoms with van der Waals surface area (Å²) in [4.78, 5) is 8.50. The Labute approximate surface area is 109 Å². The summed E-state index contributed by atoms with van der Waals surface area (Å²) in [6.07, 6.45) is 4.88. The zero-order chi connectivity index (χ0) is 12.1. The summed E-state index contributed by atoms with van der Waals surface area (Å²) in [6, 6.07) is 0. The van der Waals surface area contributed by atoms with Gasteiger partial charge in [0, 0.05) is 23.2 Å². The van der Waals surface area contributed by atoms with Crippen molar-refractivity contribution >= 4 is 32.9 Å². The maximum Gasteiger partial charge on any atom is 0.184 e. The first-order valence-electron chi connectivity index (χ1n) is 5.61. The number of thiazole rings is 2. The van der Waals surface area contributed by atoms with Crippen LogP contribution in [0.1, 0.15) is 20.3 Å². The van der Waals surface area contributed by atoms with Crippen molar-refractivity contribution in [2.24, 2.45) is 5.92 Å². The molecule has 0 aliphatic rings. The summed E-state index contributed by atoms with van der Waals surface area (Å²) < 4.78 is 0. The molecule has 0 saturated heterocycles. The van der Waals surface area contributed by atoms with Gasteiger partial charge >= 0.3 is 0 Å². The van der Waals surface area contributed by atoms with Crippen LogP contribution in [0.25, 0.3) is 0 Å². The Morgan fingerprint density at radius 2 is 1.65 bits per heavy atom. The molecule has 2 heterocycles. The van der Waals surface area contributed by atoms with Crippen molar-refractivity contribution in [1.82, 2.24) is 9.97 Å². The topological polar surface area (TPSA) is 49.8 Å². The molecule has 17 heavy (non-hydrogen) atoms. The van der Waals surface area contributed by atoms with Gasteiger partial charge in [0.05, 0.1) is 0 Å². The van der Waals surface area contributed by atoms with Crippen LogP contribution in [-0.2, 0) is 0 Å². The van der Waals surface area contributed by atoms with Crippen LogP contribution in [-0.4, -0.2) is 16.1 Å². The summed E-state index contributed by atoms with van der Waals surface area (Å²) in [5, 5.41) is 12.7. The fourth-order valence-corrected chi connectivity index (χ4v) is 2.55. The second-order valence-electron chi connectivity index (χ2n) is 3.83. The standard InChI is InChI=1S/C11H16N4S2/c1-3-8(2)9(14-10-12-4-6-16-10)15-11-13-5-7-17-11/h4-9H,3H2,1-2H3,(H,12,14)(H,13,15). The van der Waals surface area contributed by atoms with Crippen molar-refractivity contribution < 1.29 is 0 Å². The zero-order valence-corrected chi connectivity index (χ0v) is 11.5. The van der Waals surface area contributed by atoms with Gasteiger partial charge in [-0.3, -0.25) is 0 Å². The molecule has 0 aliphatic heterocycles. The molecule has 2 N–H and O–H groups in total. The monoisotopic (exact) mass is 268 g/mol. The highest BCUT2D eigenvalue weighted by molar-refractivity contribution is 7.14. The third kappa shape index (κ3) is 3.41. The number of hydrogen-bond acceptors (Lipinski definition) is 6. The summed E-state index contributed by atoms with van der Waals surface area (Å²) >= 11 is 3.23. The van der Waals surface area contributed by atoms with E-state index in [4.69, 9.17) is 0 Å². The van der Waals surface area contributed by atoms with Crippen LogP contribution in [0.2, 0.25) is 0 Å². The van der Waals surface area contributed by atoms with E-state index in [9.17, 15) is 0 Å². The Bertz CT molecular complexity index is 376. The predicted molar refractivity (Wildman–Crippen MR) is 74.7 cm³/mol. The van der Waals surface area contributed by atoms with Gasteiger partial charge in [-0.15, -0.1) is 22.7 Å². The molecule has 0 fully saturated rings. The van der Waals surface area contributed by atoms with E-state index in [1.54, 1.807) is 22.7 Å². The van der Waals surface area contributed by atoms with Crippen molar-refractivity contribution in [2.45, 2.75) is 26.4 Å². The third-order valence-corrected chi connectivity index (χ3v) is 4.04. The Morgan fingerprint density at radius 1 is 1.12 bits per heavy atom. The number of hydrogen-bond donors (Lipinski definition) is 2. The fourth-order valence-electron chi connectivity index (χ4n) is 1.41. The Kier molecular flexibility index (Phi) is 4.33. The van der Waals surface area contributed by atoms with Gasteiger partial charge in [-0.2, -0.15) is 0 Å². The van der Waals surface area contributed by atoms with Crippen LogP contribution in [0.15, 0.2) is 23.2 Å². The van der Waals surface area contributed by atoms with Crippen molar-refractivity contribution in [2.75, 3.05) is 10.6 Å². The molecule has 0 amide bonds. The van der Waals surface area contributed by atoms with Gasteiger partial charge in [0.15, 0.2) is 10.3 Å². The van der Waals surface area contributed by atoms with Gasteiger partial charge in [-0.05, 0) is 12.3 Å². The number of aromatic nitrogens is 2. The van der Waals surface area contributed by atoms with Gasteiger partial charge in [-0.25, -0.2) is 9.97 Å². The molecule has 2 aromatic rings. The quantitative estimate of drug-likeness (QED) is 0.787. The highest BCUT2D eigenvalue weighted by Crippen LogP contribution is 2.20. The van der Waals surface area contributed by atoms with Gasteiger partial charge in [0.1, 0.15) is 6.17 Å². The number of rotatable bonds is 6. The lowest BCUT2D eigenvalue weighted by atomic mass is 10.1. The molecule has 2 aromatic heterocycles. The minimum atomic E-state index is 0.164. The van der Waals surface area contributed by atoms with Crippen LogP contribution >= 0.6 is 22.7 Å².